The third-order valence-electron chi connectivity index (χ3n) is 0.927. The van der Waals surface area contributed by atoms with Gasteiger partial charge in [-0.05, 0) is 12.1 Å². The summed E-state index contributed by atoms with van der Waals surface area (Å²) in [5.74, 6) is 0.408. The van der Waals surface area contributed by atoms with Gasteiger partial charge in [0.15, 0.2) is 5.75 Å². The zero-order chi connectivity index (χ0) is 7.40. The summed E-state index contributed by atoms with van der Waals surface area (Å²) in [6.45, 7) is 0. The van der Waals surface area contributed by atoms with Crippen LogP contribution in [0.3, 0.4) is 0 Å². The predicted molar refractivity (Wildman–Crippen MR) is 44.9 cm³/mol. The normalized spacial score (nSPS) is 9.73. The van der Waals surface area contributed by atoms with Crippen molar-refractivity contribution in [2.75, 3.05) is 0 Å². The van der Waals surface area contributed by atoms with Crippen LogP contribution < -0.4 is 4.52 Å². The van der Waals surface area contributed by atoms with Crippen LogP contribution in [0.15, 0.2) is 30.3 Å². The monoisotopic (exact) mass is 183 g/mol. The van der Waals surface area contributed by atoms with Crippen molar-refractivity contribution < 1.29 is 16.8 Å². The van der Waals surface area contributed by atoms with Crippen molar-refractivity contribution in [1.29, 1.82) is 0 Å². The fourth-order valence-electron chi connectivity index (χ4n) is 0.572. The first kappa shape index (κ1) is 10.8. The van der Waals surface area contributed by atoms with Crippen LogP contribution in [-0.2, 0) is 4.57 Å². The molecule has 3 nitrogen and oxygen atoms in total. The van der Waals surface area contributed by atoms with E-state index < -0.39 is 8.25 Å². The number of para-hydroxylation sites is 1. The Bertz CT molecular complexity index is 235. The predicted octanol–water partition coefficient (Wildman–Crippen LogP) is 1.56. The Morgan fingerprint density at radius 1 is 1.36 bits per heavy atom. The van der Waals surface area contributed by atoms with Crippen molar-refractivity contribution in [2.45, 2.75) is 0 Å². The van der Waals surface area contributed by atoms with Crippen LogP contribution in [-0.4, -0.2) is 27.9 Å². The minimum atomic E-state index is -2.53. The molecule has 0 radical (unpaired) electrons. The molecule has 0 saturated heterocycles. The van der Waals surface area contributed by atoms with Gasteiger partial charge in [-0.1, -0.05) is 18.2 Å². The average molecular weight is 183 g/mol. The van der Waals surface area contributed by atoms with E-state index in [1.165, 1.54) is 0 Å². The Hall–Kier alpha value is -0.154. The van der Waals surface area contributed by atoms with Crippen molar-refractivity contribution in [3.8, 4) is 5.75 Å². The largest absolute Gasteiger partial charge is 2.00 e. The molecule has 1 unspecified atom stereocenters. The standard InChI is InChI=1S/C6H5O3P.Mg.2H/c7-10(8)9-6-4-2-1-3-5-6;;;/h1-5H;;;/q;+2;2*-1/p+1. The second kappa shape index (κ2) is 5.49. The summed E-state index contributed by atoms with van der Waals surface area (Å²) in [7, 11) is -2.53. The van der Waals surface area contributed by atoms with Gasteiger partial charge in [-0.15, -0.1) is 4.89 Å². The molecule has 5 heteroatoms. The fourth-order valence-corrected chi connectivity index (χ4v) is 0.874. The van der Waals surface area contributed by atoms with E-state index in [0.29, 0.717) is 5.75 Å². The molecule has 0 amide bonds. The summed E-state index contributed by atoms with van der Waals surface area (Å²) in [5.41, 5.74) is 0. The first-order valence-corrected chi connectivity index (χ1v) is 3.81. The minimum absolute atomic E-state index is 0. The SMILES string of the molecule is O=[P+](O)Oc1ccccc1.[H-].[H-].[Mg+2]. The molecule has 0 saturated carbocycles. The molecule has 0 fully saturated rings. The van der Waals surface area contributed by atoms with E-state index in [4.69, 9.17) is 4.89 Å². The maximum atomic E-state index is 10.1. The number of hydrogen-bond acceptors (Lipinski definition) is 2. The van der Waals surface area contributed by atoms with Crippen LogP contribution >= 0.6 is 8.25 Å². The molecule has 11 heavy (non-hydrogen) atoms. The summed E-state index contributed by atoms with van der Waals surface area (Å²) in [6.07, 6.45) is 0. The average Bonchev–Trinajstić information content (AvgIpc) is 1.88. The topological polar surface area (TPSA) is 46.5 Å². The van der Waals surface area contributed by atoms with E-state index in [0.717, 1.165) is 0 Å². The summed E-state index contributed by atoms with van der Waals surface area (Å²) in [6, 6.07) is 8.49. The molecule has 0 aliphatic carbocycles. The van der Waals surface area contributed by atoms with Crippen LogP contribution in [0.4, 0.5) is 0 Å². The summed E-state index contributed by atoms with van der Waals surface area (Å²) >= 11 is 0. The van der Waals surface area contributed by atoms with Crippen molar-refractivity contribution in [3.63, 3.8) is 0 Å². The van der Waals surface area contributed by atoms with Crippen molar-refractivity contribution in [3.05, 3.63) is 30.3 Å². The number of benzene rings is 1. The summed E-state index contributed by atoms with van der Waals surface area (Å²) in [4.78, 5) is 8.29. The van der Waals surface area contributed by atoms with Gasteiger partial charge in [0, 0.05) is 4.57 Å². The van der Waals surface area contributed by atoms with Gasteiger partial charge in [0.05, 0.1) is 0 Å². The van der Waals surface area contributed by atoms with Crippen LogP contribution in [0.25, 0.3) is 0 Å². The molecule has 0 aromatic heterocycles. The molecular weight excluding hydrogens is 175 g/mol. The van der Waals surface area contributed by atoms with Crippen LogP contribution in [0.1, 0.15) is 2.85 Å². The van der Waals surface area contributed by atoms with Gasteiger partial charge in [0.25, 0.3) is 0 Å². The van der Waals surface area contributed by atoms with Gasteiger partial charge >= 0.3 is 31.3 Å². The van der Waals surface area contributed by atoms with Crippen molar-refractivity contribution in [2.24, 2.45) is 0 Å². The smallest absolute Gasteiger partial charge is 1.00 e. The van der Waals surface area contributed by atoms with Crippen LogP contribution in [0.5, 0.6) is 5.75 Å². The molecular formula is C6H8MgO3P+. The van der Waals surface area contributed by atoms with Gasteiger partial charge in [0.2, 0.25) is 0 Å². The van der Waals surface area contributed by atoms with Gasteiger partial charge in [-0.25, -0.2) is 4.52 Å². The van der Waals surface area contributed by atoms with E-state index in [1.54, 1.807) is 30.3 Å². The first-order valence-electron chi connectivity index (χ1n) is 2.68. The molecule has 0 spiro atoms. The molecule has 56 valence electrons. The Balaban J connectivity index is -0.000000333. The second-order valence-electron chi connectivity index (χ2n) is 1.64. The first-order chi connectivity index (χ1) is 4.79. The molecule has 1 N–H and O–H groups in total. The minimum Gasteiger partial charge on any atom is -1.00 e. The zero-order valence-corrected chi connectivity index (χ0v) is 8.11. The van der Waals surface area contributed by atoms with Gasteiger partial charge < -0.3 is 2.85 Å². The summed E-state index contributed by atoms with van der Waals surface area (Å²) in [5, 5.41) is 0. The Labute approximate surface area is 84.5 Å². The molecule has 0 heterocycles. The van der Waals surface area contributed by atoms with Crippen molar-refractivity contribution >= 4 is 31.3 Å². The molecule has 0 aliphatic heterocycles. The molecule has 1 aromatic rings. The third kappa shape index (κ3) is 4.32. The van der Waals surface area contributed by atoms with Gasteiger partial charge in [0.1, 0.15) is 0 Å². The number of rotatable bonds is 2. The number of hydrogen-bond donors (Lipinski definition) is 1. The van der Waals surface area contributed by atoms with E-state index >= 15 is 0 Å². The second-order valence-corrected chi connectivity index (χ2v) is 2.30. The zero-order valence-electron chi connectivity index (χ0n) is 7.80. The Morgan fingerprint density at radius 3 is 2.36 bits per heavy atom. The van der Waals surface area contributed by atoms with Gasteiger partial charge in [-0.2, -0.15) is 0 Å². The Morgan fingerprint density at radius 2 is 1.91 bits per heavy atom. The molecule has 1 aromatic carbocycles. The van der Waals surface area contributed by atoms with Crippen molar-refractivity contribution in [1.82, 2.24) is 0 Å². The van der Waals surface area contributed by atoms with E-state index in [1.807, 2.05) is 0 Å². The fraction of sp³-hybridized carbons (Fsp3) is 0. The van der Waals surface area contributed by atoms with E-state index in [2.05, 4.69) is 4.52 Å². The molecule has 1 atom stereocenters. The molecule has 0 aliphatic rings. The maximum Gasteiger partial charge on any atom is 2.00 e. The maximum absolute atomic E-state index is 10.1. The quantitative estimate of drug-likeness (QED) is 0.559. The van der Waals surface area contributed by atoms with Crippen LogP contribution in [0.2, 0.25) is 0 Å². The Kier molecular flexibility index (Phi) is 5.41. The third-order valence-corrected chi connectivity index (χ3v) is 1.29. The van der Waals surface area contributed by atoms with Gasteiger partial charge in [-0.3, -0.25) is 0 Å². The van der Waals surface area contributed by atoms with E-state index in [-0.39, 0.29) is 25.9 Å². The summed E-state index contributed by atoms with van der Waals surface area (Å²) < 4.78 is 14.6. The molecule has 1 rings (SSSR count). The van der Waals surface area contributed by atoms with Crippen LogP contribution in [0, 0.1) is 0 Å². The molecule has 0 bridgehead atoms. The van der Waals surface area contributed by atoms with E-state index in [9.17, 15) is 4.57 Å².